The van der Waals surface area contributed by atoms with Crippen LogP contribution in [0.1, 0.15) is 27.0 Å². The molecule has 0 bridgehead atoms. The molecule has 0 aliphatic heterocycles. The van der Waals surface area contributed by atoms with Gasteiger partial charge in [-0.25, -0.2) is 4.79 Å². The van der Waals surface area contributed by atoms with E-state index in [2.05, 4.69) is 21.2 Å². The van der Waals surface area contributed by atoms with Crippen LogP contribution in [0, 0.1) is 0 Å². The van der Waals surface area contributed by atoms with E-state index in [-0.39, 0.29) is 5.56 Å². The van der Waals surface area contributed by atoms with Gasteiger partial charge in [0.2, 0.25) is 0 Å². The Kier molecular flexibility index (Phi) is 7.74. The molecule has 0 fully saturated rings. The minimum atomic E-state index is -0.926. The molecule has 30 heavy (non-hydrogen) atoms. The maximum Gasteiger partial charge on any atom is 0.335 e. The molecule has 0 spiro atoms. The van der Waals surface area contributed by atoms with Crippen molar-refractivity contribution < 1.29 is 19.4 Å². The maximum atomic E-state index is 10.9. The highest BCUT2D eigenvalue weighted by atomic mass is 79.9. The topological polar surface area (TPSA) is 67.8 Å². The largest absolute Gasteiger partial charge is 0.493 e. The number of rotatable bonds is 9. The Balaban J connectivity index is 1.61. The highest BCUT2D eigenvalue weighted by Crippen LogP contribution is 2.37. The van der Waals surface area contributed by atoms with Crippen molar-refractivity contribution in [3.8, 4) is 11.5 Å². The zero-order valence-corrected chi connectivity index (χ0v) is 18.7. The fourth-order valence-corrected chi connectivity index (χ4v) is 3.60. The number of halogens is 2. The molecule has 0 unspecified atom stereocenters. The molecule has 0 aliphatic rings. The molecule has 0 radical (unpaired) electrons. The van der Waals surface area contributed by atoms with Crippen LogP contribution in [0.25, 0.3) is 0 Å². The van der Waals surface area contributed by atoms with Gasteiger partial charge in [0.1, 0.15) is 6.61 Å². The van der Waals surface area contributed by atoms with E-state index in [1.165, 1.54) is 0 Å². The summed E-state index contributed by atoms with van der Waals surface area (Å²) < 4.78 is 12.3. The first-order valence-electron chi connectivity index (χ1n) is 9.23. The highest BCUT2D eigenvalue weighted by molar-refractivity contribution is 9.10. The monoisotopic (exact) mass is 489 g/mol. The number of ether oxygens (including phenoxy) is 2. The number of carbonyl (C=O) groups is 1. The quantitative estimate of drug-likeness (QED) is 0.404. The molecule has 0 heterocycles. The number of nitrogens with one attached hydrogen (secondary N) is 1. The van der Waals surface area contributed by atoms with Gasteiger partial charge in [0, 0.05) is 18.1 Å². The molecule has 2 N–H and O–H groups in total. The zero-order chi connectivity index (χ0) is 21.5. The van der Waals surface area contributed by atoms with Gasteiger partial charge in [0.15, 0.2) is 11.5 Å². The molecular weight excluding hydrogens is 470 g/mol. The van der Waals surface area contributed by atoms with Gasteiger partial charge in [0.25, 0.3) is 0 Å². The number of methoxy groups -OCH3 is 1. The van der Waals surface area contributed by atoms with Crippen LogP contribution < -0.4 is 14.8 Å². The Morgan fingerprint density at radius 1 is 1.00 bits per heavy atom. The van der Waals surface area contributed by atoms with Crippen LogP contribution >= 0.6 is 27.5 Å². The lowest BCUT2D eigenvalue weighted by molar-refractivity contribution is 0.0697. The van der Waals surface area contributed by atoms with E-state index in [4.69, 9.17) is 26.2 Å². The van der Waals surface area contributed by atoms with E-state index in [9.17, 15) is 4.79 Å². The van der Waals surface area contributed by atoms with E-state index in [0.717, 1.165) is 21.2 Å². The third kappa shape index (κ3) is 5.98. The molecule has 5 nitrogen and oxygen atoms in total. The predicted molar refractivity (Wildman–Crippen MR) is 120 cm³/mol. The normalized spacial score (nSPS) is 10.6. The van der Waals surface area contributed by atoms with Crippen LogP contribution in [-0.4, -0.2) is 18.2 Å². The smallest absolute Gasteiger partial charge is 0.335 e. The molecule has 3 aromatic rings. The number of carboxylic acids is 1. The Hall–Kier alpha value is -2.54. The second kappa shape index (κ2) is 10.5. The van der Waals surface area contributed by atoms with Gasteiger partial charge >= 0.3 is 5.97 Å². The van der Waals surface area contributed by atoms with E-state index in [0.29, 0.717) is 36.2 Å². The van der Waals surface area contributed by atoms with Crippen molar-refractivity contribution in [1.82, 2.24) is 5.32 Å². The van der Waals surface area contributed by atoms with Gasteiger partial charge in [-0.15, -0.1) is 0 Å². The van der Waals surface area contributed by atoms with Gasteiger partial charge in [-0.2, -0.15) is 0 Å². The number of aromatic carboxylic acids is 1. The molecule has 7 heteroatoms. The summed E-state index contributed by atoms with van der Waals surface area (Å²) >= 11 is 9.49. The second-order valence-electron chi connectivity index (χ2n) is 6.63. The first kappa shape index (κ1) is 22.2. The summed E-state index contributed by atoms with van der Waals surface area (Å²) in [4.78, 5) is 10.9. The second-order valence-corrected chi connectivity index (χ2v) is 7.92. The third-order valence-electron chi connectivity index (χ3n) is 4.44. The van der Waals surface area contributed by atoms with Crippen molar-refractivity contribution in [3.05, 3.63) is 92.4 Å². The van der Waals surface area contributed by atoms with Crippen LogP contribution in [0.2, 0.25) is 5.02 Å². The fraction of sp³-hybridized carbons (Fsp3) is 0.174. The van der Waals surface area contributed by atoms with Gasteiger partial charge in [-0.1, -0.05) is 35.9 Å². The van der Waals surface area contributed by atoms with E-state index < -0.39 is 5.97 Å². The first-order valence-corrected chi connectivity index (χ1v) is 10.4. The summed E-state index contributed by atoms with van der Waals surface area (Å²) in [5.74, 6) is 0.353. The average molecular weight is 491 g/mol. The Labute approximate surface area is 188 Å². The lowest BCUT2D eigenvalue weighted by Crippen LogP contribution is -2.13. The molecule has 0 aromatic heterocycles. The SMILES string of the molecule is COc1cc(CNCc2ccc(C(=O)O)cc2)cc(Br)c1OCc1ccc(Cl)cc1. The standard InChI is InChI=1S/C23H21BrClNO4/c1-29-21-11-17(13-26-12-15-2-6-18(7-3-15)23(27)28)10-20(24)22(21)30-14-16-4-8-19(25)9-5-16/h2-11,26H,12-14H2,1H3,(H,27,28). The van der Waals surface area contributed by atoms with Crippen molar-refractivity contribution in [2.45, 2.75) is 19.7 Å². The minimum Gasteiger partial charge on any atom is -0.493 e. The molecule has 0 saturated heterocycles. The first-order chi connectivity index (χ1) is 14.5. The van der Waals surface area contributed by atoms with Crippen LogP contribution in [0.3, 0.4) is 0 Å². The fourth-order valence-electron chi connectivity index (χ4n) is 2.87. The molecule has 3 aromatic carbocycles. The van der Waals surface area contributed by atoms with Crippen molar-refractivity contribution in [1.29, 1.82) is 0 Å². The number of hydrogen-bond donors (Lipinski definition) is 2. The Morgan fingerprint density at radius 3 is 2.27 bits per heavy atom. The van der Waals surface area contributed by atoms with Gasteiger partial charge in [0.05, 0.1) is 17.1 Å². The van der Waals surface area contributed by atoms with Crippen LogP contribution in [-0.2, 0) is 19.7 Å². The highest BCUT2D eigenvalue weighted by Gasteiger charge is 2.12. The zero-order valence-electron chi connectivity index (χ0n) is 16.3. The van der Waals surface area contributed by atoms with Crippen LogP contribution in [0.4, 0.5) is 0 Å². The molecule has 0 aliphatic carbocycles. The maximum absolute atomic E-state index is 10.9. The summed E-state index contributed by atoms with van der Waals surface area (Å²) in [5, 5.41) is 13.0. The Bertz CT molecular complexity index is 1010. The Morgan fingerprint density at radius 2 is 1.63 bits per heavy atom. The summed E-state index contributed by atoms with van der Waals surface area (Å²) in [6, 6.07) is 18.2. The summed E-state index contributed by atoms with van der Waals surface area (Å²) in [7, 11) is 1.61. The third-order valence-corrected chi connectivity index (χ3v) is 5.29. The molecule has 3 rings (SSSR count). The molecule has 0 saturated carbocycles. The van der Waals surface area contributed by atoms with Gasteiger partial charge in [-0.3, -0.25) is 0 Å². The van der Waals surface area contributed by atoms with Crippen molar-refractivity contribution in [3.63, 3.8) is 0 Å². The van der Waals surface area contributed by atoms with Gasteiger partial charge in [-0.05, 0) is 69.0 Å². The van der Waals surface area contributed by atoms with Crippen LogP contribution in [0.5, 0.6) is 11.5 Å². The summed E-state index contributed by atoms with van der Waals surface area (Å²) in [6.45, 7) is 1.64. The summed E-state index contributed by atoms with van der Waals surface area (Å²) in [5.41, 5.74) is 3.32. The number of benzene rings is 3. The van der Waals surface area contributed by atoms with Crippen molar-refractivity contribution >= 4 is 33.5 Å². The van der Waals surface area contributed by atoms with E-state index in [1.54, 1.807) is 31.4 Å². The molecule has 0 amide bonds. The van der Waals surface area contributed by atoms with Crippen LogP contribution in [0.15, 0.2) is 65.1 Å². The molecule has 156 valence electrons. The van der Waals surface area contributed by atoms with Gasteiger partial charge < -0.3 is 19.9 Å². The lowest BCUT2D eigenvalue weighted by Gasteiger charge is -2.15. The summed E-state index contributed by atoms with van der Waals surface area (Å²) in [6.07, 6.45) is 0. The minimum absolute atomic E-state index is 0.279. The average Bonchev–Trinajstić information content (AvgIpc) is 2.74. The molecular formula is C23H21BrClNO4. The number of hydrogen-bond acceptors (Lipinski definition) is 4. The lowest BCUT2D eigenvalue weighted by atomic mass is 10.1. The number of carboxylic acid groups (broad SMARTS) is 1. The van der Waals surface area contributed by atoms with E-state index >= 15 is 0 Å². The van der Waals surface area contributed by atoms with Crippen molar-refractivity contribution in [2.75, 3.05) is 7.11 Å². The van der Waals surface area contributed by atoms with E-state index in [1.807, 2.05) is 36.4 Å². The van der Waals surface area contributed by atoms with Crippen molar-refractivity contribution in [2.24, 2.45) is 0 Å². The predicted octanol–water partition coefficient (Wildman–Crippen LogP) is 5.68. The molecule has 0 atom stereocenters.